The molecule has 0 aromatic heterocycles. The second kappa shape index (κ2) is 9.13. The van der Waals surface area contributed by atoms with Gasteiger partial charge in [0.1, 0.15) is 0 Å². The molecular weight excluding hydrogens is 561 g/mol. The normalized spacial score (nSPS) is 18.1. The van der Waals surface area contributed by atoms with Crippen LogP contribution in [0, 0.1) is 58.2 Å². The Bertz CT molecular complexity index is 1430. The Balaban J connectivity index is 2.18. The van der Waals surface area contributed by atoms with Crippen molar-refractivity contribution >= 4 is 11.1 Å². The van der Waals surface area contributed by atoms with Crippen molar-refractivity contribution in [3.8, 4) is 0 Å². The molecular formula is C23H3F15. The van der Waals surface area contributed by atoms with Gasteiger partial charge in [-0.3, -0.25) is 0 Å². The Labute approximate surface area is 200 Å². The fraction of sp³-hybridized carbons (Fsp3) is 0.0435. The molecule has 4 rings (SSSR count). The van der Waals surface area contributed by atoms with Crippen molar-refractivity contribution in [3.63, 3.8) is 0 Å². The topological polar surface area (TPSA) is 0 Å². The van der Waals surface area contributed by atoms with Crippen molar-refractivity contribution in [2.75, 3.05) is 0 Å². The van der Waals surface area contributed by atoms with Gasteiger partial charge in [0.2, 0.25) is 17.8 Å². The molecule has 0 saturated heterocycles. The molecule has 0 spiro atoms. The van der Waals surface area contributed by atoms with E-state index in [1.54, 1.807) is 0 Å². The molecule has 2 aromatic rings. The van der Waals surface area contributed by atoms with Crippen molar-refractivity contribution in [1.82, 2.24) is 0 Å². The average molecular weight is 564 g/mol. The highest BCUT2D eigenvalue weighted by Crippen LogP contribution is 2.51. The molecule has 200 valence electrons. The molecule has 0 bridgehead atoms. The molecule has 2 aromatic carbocycles. The van der Waals surface area contributed by atoms with Gasteiger partial charge < -0.3 is 0 Å². The summed E-state index contributed by atoms with van der Waals surface area (Å²) in [5.41, 5.74) is -11.5. The van der Waals surface area contributed by atoms with Gasteiger partial charge in [0.15, 0.2) is 69.8 Å². The van der Waals surface area contributed by atoms with E-state index in [1.165, 1.54) is 0 Å². The lowest BCUT2D eigenvalue weighted by atomic mass is 9.85. The van der Waals surface area contributed by atoms with E-state index in [1.807, 2.05) is 0 Å². The minimum Gasteiger partial charge on any atom is -0.232 e. The van der Waals surface area contributed by atoms with Gasteiger partial charge in [0.05, 0.1) is 16.7 Å². The summed E-state index contributed by atoms with van der Waals surface area (Å²) in [7, 11) is 0. The first kappa shape index (κ1) is 27.1. The summed E-state index contributed by atoms with van der Waals surface area (Å²) < 4.78 is 212. The van der Waals surface area contributed by atoms with Crippen LogP contribution in [0.4, 0.5) is 65.9 Å². The van der Waals surface area contributed by atoms with Gasteiger partial charge in [-0.05, 0) is 11.1 Å². The van der Waals surface area contributed by atoms with Crippen LogP contribution in [-0.2, 0) is 0 Å². The first-order valence-corrected chi connectivity index (χ1v) is 9.60. The zero-order valence-electron chi connectivity index (χ0n) is 17.4. The molecule has 0 radical (unpaired) electrons. The third kappa shape index (κ3) is 3.58. The minimum absolute atomic E-state index is 0.145. The second-order valence-corrected chi connectivity index (χ2v) is 7.49. The van der Waals surface area contributed by atoms with Crippen molar-refractivity contribution in [2.24, 2.45) is 0 Å². The smallest absolute Gasteiger partial charge is 0.208 e. The van der Waals surface area contributed by atoms with Gasteiger partial charge in [0, 0.05) is 5.57 Å². The number of alkyl halides is 1. The van der Waals surface area contributed by atoms with Gasteiger partial charge in [0.25, 0.3) is 0 Å². The summed E-state index contributed by atoms with van der Waals surface area (Å²) in [6.45, 7) is 0. The molecule has 15 heteroatoms. The number of rotatable bonds is 2. The summed E-state index contributed by atoms with van der Waals surface area (Å²) >= 11 is 0. The average Bonchev–Trinajstić information content (AvgIpc) is 3.30. The highest BCUT2D eigenvalue weighted by Gasteiger charge is 2.42. The summed E-state index contributed by atoms with van der Waals surface area (Å²) in [6.07, 6.45) is -3.44. The molecule has 0 unspecified atom stereocenters. The van der Waals surface area contributed by atoms with E-state index < -0.39 is 121 Å². The van der Waals surface area contributed by atoms with Gasteiger partial charge in [-0.15, -0.1) is 0 Å². The molecule has 0 fully saturated rings. The third-order valence-corrected chi connectivity index (χ3v) is 5.47. The van der Waals surface area contributed by atoms with Crippen molar-refractivity contribution in [3.05, 3.63) is 116 Å². The Kier molecular flexibility index (Phi) is 6.52. The Hall–Kier alpha value is -3.91. The van der Waals surface area contributed by atoms with Crippen LogP contribution in [0.25, 0.3) is 11.1 Å². The SMILES string of the molecule is FC1=C(F)C(F)C(F)=C(F)C1=C1C(c2c(F)c(F)c(F)c(F)c2F)=CC=C1c1c(F)c(F)c(F)c(F)c1F. The lowest BCUT2D eigenvalue weighted by Crippen LogP contribution is -2.16. The maximum atomic E-state index is 14.7. The summed E-state index contributed by atoms with van der Waals surface area (Å²) in [5.74, 6) is -38.0. The molecule has 0 nitrogen and oxygen atoms in total. The molecule has 0 aliphatic heterocycles. The predicted octanol–water partition coefficient (Wildman–Crippen LogP) is 8.51. The van der Waals surface area contributed by atoms with Gasteiger partial charge >= 0.3 is 0 Å². The predicted molar refractivity (Wildman–Crippen MR) is 98.8 cm³/mol. The number of halogens is 15. The maximum absolute atomic E-state index is 14.7. The van der Waals surface area contributed by atoms with Crippen LogP contribution >= 0.6 is 0 Å². The van der Waals surface area contributed by atoms with Gasteiger partial charge in [-0.2, -0.15) is 0 Å². The zero-order valence-corrected chi connectivity index (χ0v) is 17.4. The molecule has 2 aliphatic carbocycles. The fourth-order valence-electron chi connectivity index (χ4n) is 3.74. The van der Waals surface area contributed by atoms with Crippen LogP contribution in [0.1, 0.15) is 11.1 Å². The van der Waals surface area contributed by atoms with Crippen LogP contribution < -0.4 is 0 Å². The number of allylic oxidation sites excluding steroid dienone is 10. The Morgan fingerprint density at radius 3 is 0.921 bits per heavy atom. The number of hydrogen-bond donors (Lipinski definition) is 0. The second-order valence-electron chi connectivity index (χ2n) is 7.49. The lowest BCUT2D eigenvalue weighted by molar-refractivity contribution is 0.289. The Morgan fingerprint density at radius 1 is 0.368 bits per heavy atom. The molecule has 38 heavy (non-hydrogen) atoms. The van der Waals surface area contributed by atoms with E-state index in [2.05, 4.69) is 0 Å². The highest BCUT2D eigenvalue weighted by molar-refractivity contribution is 6.06. The van der Waals surface area contributed by atoms with Crippen LogP contribution in [0.5, 0.6) is 0 Å². The van der Waals surface area contributed by atoms with Crippen LogP contribution in [0.2, 0.25) is 0 Å². The molecule has 0 amide bonds. The fourth-order valence-corrected chi connectivity index (χ4v) is 3.74. The van der Waals surface area contributed by atoms with E-state index in [0.29, 0.717) is 0 Å². The summed E-state index contributed by atoms with van der Waals surface area (Å²) in [5, 5.41) is 0. The summed E-state index contributed by atoms with van der Waals surface area (Å²) in [4.78, 5) is 0. The highest BCUT2D eigenvalue weighted by atomic mass is 19.2. The first-order chi connectivity index (χ1) is 17.6. The van der Waals surface area contributed by atoms with Crippen LogP contribution in [-0.4, -0.2) is 6.17 Å². The standard InChI is InChI=1S/C23H3F15/c24-9-6(10(25)16(31)21(36)15(9)30)3-1-2-4(7-11(26)17(32)22(37)18(33)12(7)27)5(3)8-13(28)19(34)23(38)20(35)14(8)29/h1-2,23H. The quantitative estimate of drug-likeness (QED) is 0.195. The van der Waals surface area contributed by atoms with E-state index >= 15 is 0 Å². The minimum atomic E-state index is -3.73. The van der Waals surface area contributed by atoms with E-state index in [9.17, 15) is 65.9 Å². The Morgan fingerprint density at radius 2 is 0.632 bits per heavy atom. The molecule has 0 saturated carbocycles. The van der Waals surface area contributed by atoms with Crippen LogP contribution in [0.3, 0.4) is 0 Å². The molecule has 0 heterocycles. The zero-order chi connectivity index (χ0) is 28.5. The molecule has 2 aliphatic rings. The third-order valence-electron chi connectivity index (χ3n) is 5.47. The molecule has 0 atom stereocenters. The maximum Gasteiger partial charge on any atom is 0.208 e. The van der Waals surface area contributed by atoms with E-state index in [0.717, 1.165) is 0 Å². The molecule has 0 N–H and O–H groups in total. The van der Waals surface area contributed by atoms with E-state index in [-0.39, 0.29) is 12.2 Å². The number of hydrogen-bond acceptors (Lipinski definition) is 0. The largest absolute Gasteiger partial charge is 0.232 e. The van der Waals surface area contributed by atoms with Crippen molar-refractivity contribution < 1.29 is 65.9 Å². The lowest BCUT2D eigenvalue weighted by Gasteiger charge is -2.22. The monoisotopic (exact) mass is 564 g/mol. The van der Waals surface area contributed by atoms with Gasteiger partial charge in [-0.1, -0.05) is 12.2 Å². The van der Waals surface area contributed by atoms with Gasteiger partial charge in [-0.25, -0.2) is 65.9 Å². The van der Waals surface area contributed by atoms with E-state index in [4.69, 9.17) is 0 Å². The van der Waals surface area contributed by atoms with Crippen molar-refractivity contribution in [2.45, 2.75) is 6.17 Å². The van der Waals surface area contributed by atoms with Crippen LogP contribution in [0.15, 0.2) is 46.6 Å². The first-order valence-electron chi connectivity index (χ1n) is 9.60. The van der Waals surface area contributed by atoms with Crippen molar-refractivity contribution in [1.29, 1.82) is 0 Å². The summed E-state index contributed by atoms with van der Waals surface area (Å²) in [6, 6.07) is 0. The number of benzene rings is 2.